The normalized spacial score (nSPS) is 25.2. The Hall–Kier alpha value is -1.06. The summed E-state index contributed by atoms with van der Waals surface area (Å²) in [5, 5.41) is 3.14. The van der Waals surface area contributed by atoms with E-state index in [-0.39, 0.29) is 17.9 Å². The predicted molar refractivity (Wildman–Crippen MR) is 70.0 cm³/mol. The maximum Gasteiger partial charge on any atom is 0.243 e. The number of amides is 2. The van der Waals surface area contributed by atoms with Gasteiger partial charge in [0.1, 0.15) is 6.04 Å². The minimum atomic E-state index is -0.209. The van der Waals surface area contributed by atoms with E-state index in [0.717, 1.165) is 32.2 Å². The van der Waals surface area contributed by atoms with Crippen LogP contribution >= 0.6 is 0 Å². The topological polar surface area (TPSA) is 49.4 Å². The third kappa shape index (κ3) is 3.03. The second-order valence-electron chi connectivity index (χ2n) is 5.44. The van der Waals surface area contributed by atoms with Gasteiger partial charge in [0.05, 0.1) is 0 Å². The Balaban J connectivity index is 1.89. The molecule has 0 radical (unpaired) electrons. The molecule has 0 aromatic carbocycles. The first-order chi connectivity index (χ1) is 8.72. The van der Waals surface area contributed by atoms with Crippen molar-refractivity contribution >= 4 is 11.8 Å². The van der Waals surface area contributed by atoms with Gasteiger partial charge >= 0.3 is 0 Å². The molecule has 18 heavy (non-hydrogen) atoms. The van der Waals surface area contributed by atoms with E-state index in [2.05, 4.69) is 5.32 Å². The molecule has 1 saturated heterocycles. The van der Waals surface area contributed by atoms with Gasteiger partial charge in [-0.15, -0.1) is 0 Å². The van der Waals surface area contributed by atoms with E-state index < -0.39 is 0 Å². The van der Waals surface area contributed by atoms with Crippen LogP contribution in [0.15, 0.2) is 0 Å². The van der Waals surface area contributed by atoms with Crippen LogP contribution in [-0.2, 0) is 9.59 Å². The van der Waals surface area contributed by atoms with Gasteiger partial charge < -0.3 is 10.2 Å². The summed E-state index contributed by atoms with van der Waals surface area (Å²) >= 11 is 0. The SMILES string of the molecule is CCC(=O)N1CCC[C@H]1C(=O)NC1CCCCC1. The first kappa shape index (κ1) is 13.4. The van der Waals surface area contributed by atoms with E-state index in [1.165, 1.54) is 19.3 Å². The number of rotatable bonds is 3. The number of carbonyl (C=O) groups is 2. The van der Waals surface area contributed by atoms with Crippen molar-refractivity contribution in [3.63, 3.8) is 0 Å². The molecular formula is C14H24N2O2. The zero-order valence-corrected chi connectivity index (χ0v) is 11.3. The Bertz CT molecular complexity index is 311. The minimum Gasteiger partial charge on any atom is -0.352 e. The molecule has 2 fully saturated rings. The molecule has 0 bridgehead atoms. The fourth-order valence-corrected chi connectivity index (χ4v) is 3.09. The fourth-order valence-electron chi connectivity index (χ4n) is 3.09. The van der Waals surface area contributed by atoms with Crippen molar-refractivity contribution in [3.8, 4) is 0 Å². The third-order valence-corrected chi connectivity index (χ3v) is 4.13. The molecular weight excluding hydrogens is 228 g/mol. The molecule has 0 aromatic rings. The van der Waals surface area contributed by atoms with E-state index >= 15 is 0 Å². The van der Waals surface area contributed by atoms with Crippen molar-refractivity contribution in [1.82, 2.24) is 10.2 Å². The van der Waals surface area contributed by atoms with E-state index in [1.54, 1.807) is 4.90 Å². The van der Waals surface area contributed by atoms with Gasteiger partial charge in [-0.05, 0) is 25.7 Å². The molecule has 1 aliphatic heterocycles. The van der Waals surface area contributed by atoms with Crippen molar-refractivity contribution in [2.45, 2.75) is 70.4 Å². The summed E-state index contributed by atoms with van der Waals surface area (Å²) < 4.78 is 0. The molecule has 4 nitrogen and oxygen atoms in total. The first-order valence-corrected chi connectivity index (χ1v) is 7.32. The Labute approximate surface area is 109 Å². The zero-order valence-electron chi connectivity index (χ0n) is 11.3. The summed E-state index contributed by atoms with van der Waals surface area (Å²) in [6.45, 7) is 2.60. The first-order valence-electron chi connectivity index (χ1n) is 7.32. The maximum absolute atomic E-state index is 12.2. The maximum atomic E-state index is 12.2. The number of carbonyl (C=O) groups excluding carboxylic acids is 2. The van der Waals surface area contributed by atoms with Crippen molar-refractivity contribution in [2.24, 2.45) is 0 Å². The molecule has 1 aliphatic carbocycles. The summed E-state index contributed by atoms with van der Waals surface area (Å²) in [5.41, 5.74) is 0. The summed E-state index contributed by atoms with van der Waals surface area (Å²) in [7, 11) is 0. The zero-order chi connectivity index (χ0) is 13.0. The number of nitrogens with zero attached hydrogens (tertiary/aromatic N) is 1. The van der Waals surface area contributed by atoms with Gasteiger partial charge in [-0.2, -0.15) is 0 Å². The fraction of sp³-hybridized carbons (Fsp3) is 0.857. The Kier molecular flexibility index (Phi) is 4.61. The molecule has 1 saturated carbocycles. The monoisotopic (exact) mass is 252 g/mol. The van der Waals surface area contributed by atoms with Crippen LogP contribution in [-0.4, -0.2) is 35.3 Å². The second-order valence-corrected chi connectivity index (χ2v) is 5.44. The average Bonchev–Trinajstić information content (AvgIpc) is 2.88. The van der Waals surface area contributed by atoms with Crippen molar-refractivity contribution in [2.75, 3.05) is 6.54 Å². The summed E-state index contributed by atoms with van der Waals surface area (Å²) in [6.07, 6.45) is 8.18. The summed E-state index contributed by atoms with van der Waals surface area (Å²) in [5.74, 6) is 0.178. The average molecular weight is 252 g/mol. The number of hydrogen-bond acceptors (Lipinski definition) is 2. The Morgan fingerprint density at radius 2 is 1.83 bits per heavy atom. The molecule has 4 heteroatoms. The standard InChI is InChI=1S/C14H24N2O2/c1-2-13(17)16-10-6-9-12(16)14(18)15-11-7-4-3-5-8-11/h11-12H,2-10H2,1H3,(H,15,18)/t12-/m0/s1. The van der Waals surface area contributed by atoms with Crippen LogP contribution in [0, 0.1) is 0 Å². The van der Waals surface area contributed by atoms with Gasteiger partial charge in [0, 0.05) is 19.0 Å². The van der Waals surface area contributed by atoms with Crippen LogP contribution in [0.25, 0.3) is 0 Å². The van der Waals surface area contributed by atoms with Crippen molar-refractivity contribution in [1.29, 1.82) is 0 Å². The lowest BCUT2D eigenvalue weighted by Crippen LogP contribution is -2.49. The Morgan fingerprint density at radius 1 is 1.11 bits per heavy atom. The van der Waals surface area contributed by atoms with Crippen molar-refractivity contribution < 1.29 is 9.59 Å². The van der Waals surface area contributed by atoms with Gasteiger partial charge in [-0.1, -0.05) is 26.2 Å². The largest absolute Gasteiger partial charge is 0.352 e. The molecule has 1 atom stereocenters. The van der Waals surface area contributed by atoms with Gasteiger partial charge in [0.2, 0.25) is 11.8 Å². The number of nitrogens with one attached hydrogen (secondary N) is 1. The van der Waals surface area contributed by atoms with Crippen LogP contribution in [0.5, 0.6) is 0 Å². The minimum absolute atomic E-state index is 0.0706. The molecule has 2 aliphatic rings. The lowest BCUT2D eigenvalue weighted by atomic mass is 9.95. The highest BCUT2D eigenvalue weighted by Crippen LogP contribution is 2.21. The predicted octanol–water partition coefficient (Wildman–Crippen LogP) is 1.84. The molecule has 0 unspecified atom stereocenters. The number of likely N-dealkylation sites (tertiary alicyclic amines) is 1. The third-order valence-electron chi connectivity index (χ3n) is 4.13. The molecule has 2 amide bonds. The van der Waals surface area contributed by atoms with Crippen LogP contribution in [0.1, 0.15) is 58.3 Å². The second kappa shape index (κ2) is 6.21. The van der Waals surface area contributed by atoms with Crippen LogP contribution in [0.3, 0.4) is 0 Å². The molecule has 0 spiro atoms. The van der Waals surface area contributed by atoms with Gasteiger partial charge in [0.15, 0.2) is 0 Å². The highest BCUT2D eigenvalue weighted by molar-refractivity contribution is 5.88. The van der Waals surface area contributed by atoms with Crippen LogP contribution in [0.2, 0.25) is 0 Å². The highest BCUT2D eigenvalue weighted by Gasteiger charge is 2.34. The Morgan fingerprint density at radius 3 is 2.50 bits per heavy atom. The van der Waals surface area contributed by atoms with Crippen molar-refractivity contribution in [3.05, 3.63) is 0 Å². The van der Waals surface area contributed by atoms with Gasteiger partial charge in [0.25, 0.3) is 0 Å². The van der Waals surface area contributed by atoms with Gasteiger partial charge in [-0.25, -0.2) is 0 Å². The summed E-state index contributed by atoms with van der Waals surface area (Å²) in [4.78, 5) is 25.8. The van der Waals surface area contributed by atoms with E-state index in [1.807, 2.05) is 6.92 Å². The lowest BCUT2D eigenvalue weighted by Gasteiger charge is -2.28. The highest BCUT2D eigenvalue weighted by atomic mass is 16.2. The van der Waals surface area contributed by atoms with E-state index in [4.69, 9.17) is 0 Å². The smallest absolute Gasteiger partial charge is 0.243 e. The van der Waals surface area contributed by atoms with Crippen LogP contribution in [0.4, 0.5) is 0 Å². The molecule has 1 heterocycles. The summed E-state index contributed by atoms with van der Waals surface area (Å²) in [6, 6.07) is 0.129. The van der Waals surface area contributed by atoms with E-state index in [0.29, 0.717) is 12.5 Å². The lowest BCUT2D eigenvalue weighted by molar-refractivity contribution is -0.138. The molecule has 2 rings (SSSR count). The van der Waals surface area contributed by atoms with Crippen LogP contribution < -0.4 is 5.32 Å². The number of hydrogen-bond donors (Lipinski definition) is 1. The molecule has 0 aromatic heterocycles. The molecule has 102 valence electrons. The molecule has 1 N–H and O–H groups in total. The quantitative estimate of drug-likeness (QED) is 0.833. The van der Waals surface area contributed by atoms with E-state index in [9.17, 15) is 9.59 Å². The van der Waals surface area contributed by atoms with Gasteiger partial charge in [-0.3, -0.25) is 9.59 Å².